The molecule has 0 radical (unpaired) electrons. The average Bonchev–Trinajstić information content (AvgIpc) is 2.55. The summed E-state index contributed by atoms with van der Waals surface area (Å²) < 4.78 is 0. The lowest BCUT2D eigenvalue weighted by Crippen LogP contribution is -2.10. The van der Waals surface area contributed by atoms with E-state index in [0.717, 1.165) is 0 Å². The van der Waals surface area contributed by atoms with Gasteiger partial charge in [-0.15, -0.1) is 0 Å². The van der Waals surface area contributed by atoms with E-state index >= 15 is 0 Å². The summed E-state index contributed by atoms with van der Waals surface area (Å²) >= 11 is 0. The summed E-state index contributed by atoms with van der Waals surface area (Å²) in [7, 11) is 0. The molecule has 1 atom stereocenters. The number of benzene rings is 2. The lowest BCUT2D eigenvalue weighted by molar-refractivity contribution is 0.572. The Hall–Kier alpha value is -1.76. The van der Waals surface area contributed by atoms with Crippen LogP contribution in [0, 0.1) is 0 Å². The summed E-state index contributed by atoms with van der Waals surface area (Å²) in [5.74, 6) is 0. The summed E-state index contributed by atoms with van der Waals surface area (Å²) in [6, 6.07) is 21.8. The molecule has 1 N–H and O–H groups in total. The molecule has 0 fully saturated rings. The fourth-order valence-corrected chi connectivity index (χ4v) is 2.70. The van der Waals surface area contributed by atoms with Crippen molar-refractivity contribution >= 4 is 5.69 Å². The first-order valence-electron chi connectivity index (χ1n) is 8.26. The summed E-state index contributed by atoms with van der Waals surface area (Å²) in [6.45, 7) is 2.27. The standard InChI is InChI=1S/C20H27N/c1-2-3-4-5-12-17-20(18-13-8-6-9-14-18)21-19-15-10-7-11-16-19/h6-11,13-16,20-21H,2-5,12,17H2,1H3. The van der Waals surface area contributed by atoms with Crippen LogP contribution in [-0.4, -0.2) is 0 Å². The number of hydrogen-bond donors (Lipinski definition) is 1. The van der Waals surface area contributed by atoms with E-state index in [-0.39, 0.29) is 0 Å². The highest BCUT2D eigenvalue weighted by Gasteiger charge is 2.10. The second-order valence-corrected chi connectivity index (χ2v) is 5.68. The molecular weight excluding hydrogens is 254 g/mol. The van der Waals surface area contributed by atoms with Gasteiger partial charge in [0.2, 0.25) is 0 Å². The Kier molecular flexibility index (Phi) is 6.87. The van der Waals surface area contributed by atoms with Crippen molar-refractivity contribution in [3.8, 4) is 0 Å². The van der Waals surface area contributed by atoms with Crippen LogP contribution < -0.4 is 5.32 Å². The predicted octanol–water partition coefficient (Wildman–Crippen LogP) is 6.20. The van der Waals surface area contributed by atoms with Crippen molar-refractivity contribution in [3.63, 3.8) is 0 Å². The normalized spacial score (nSPS) is 12.0. The topological polar surface area (TPSA) is 12.0 Å². The van der Waals surface area contributed by atoms with Gasteiger partial charge in [0.1, 0.15) is 0 Å². The zero-order valence-corrected chi connectivity index (χ0v) is 13.1. The number of nitrogens with one attached hydrogen (secondary N) is 1. The van der Waals surface area contributed by atoms with Gasteiger partial charge in [-0.05, 0) is 24.1 Å². The van der Waals surface area contributed by atoms with Gasteiger partial charge >= 0.3 is 0 Å². The molecule has 0 spiro atoms. The molecule has 112 valence electrons. The van der Waals surface area contributed by atoms with Crippen LogP contribution in [0.5, 0.6) is 0 Å². The van der Waals surface area contributed by atoms with Crippen LogP contribution in [0.2, 0.25) is 0 Å². The maximum Gasteiger partial charge on any atom is 0.0513 e. The van der Waals surface area contributed by atoms with E-state index in [0.29, 0.717) is 6.04 Å². The van der Waals surface area contributed by atoms with E-state index < -0.39 is 0 Å². The third-order valence-corrected chi connectivity index (χ3v) is 3.91. The van der Waals surface area contributed by atoms with Crippen LogP contribution in [0.4, 0.5) is 5.69 Å². The molecule has 2 aromatic carbocycles. The summed E-state index contributed by atoms with van der Waals surface area (Å²) in [5.41, 5.74) is 2.59. The van der Waals surface area contributed by atoms with E-state index in [4.69, 9.17) is 0 Å². The number of para-hydroxylation sites is 1. The Labute approximate surface area is 129 Å². The molecule has 0 bridgehead atoms. The molecule has 21 heavy (non-hydrogen) atoms. The Morgan fingerprint density at radius 3 is 2.05 bits per heavy atom. The third-order valence-electron chi connectivity index (χ3n) is 3.91. The van der Waals surface area contributed by atoms with Gasteiger partial charge in [-0.1, -0.05) is 87.6 Å². The Morgan fingerprint density at radius 1 is 0.762 bits per heavy atom. The van der Waals surface area contributed by atoms with Crippen molar-refractivity contribution in [1.82, 2.24) is 0 Å². The van der Waals surface area contributed by atoms with Gasteiger partial charge in [-0.3, -0.25) is 0 Å². The molecule has 2 aromatic rings. The Balaban J connectivity index is 1.94. The summed E-state index contributed by atoms with van der Waals surface area (Å²) in [5, 5.41) is 3.69. The largest absolute Gasteiger partial charge is 0.378 e. The van der Waals surface area contributed by atoms with Crippen molar-refractivity contribution in [2.24, 2.45) is 0 Å². The highest BCUT2D eigenvalue weighted by atomic mass is 14.9. The first-order chi connectivity index (χ1) is 10.4. The molecule has 0 saturated carbocycles. The van der Waals surface area contributed by atoms with Crippen molar-refractivity contribution in [1.29, 1.82) is 0 Å². The van der Waals surface area contributed by atoms with Crippen LogP contribution >= 0.6 is 0 Å². The maximum atomic E-state index is 3.69. The number of unbranched alkanes of at least 4 members (excludes halogenated alkanes) is 4. The third kappa shape index (κ3) is 5.63. The molecule has 0 heterocycles. The minimum atomic E-state index is 0.412. The molecule has 1 unspecified atom stereocenters. The van der Waals surface area contributed by atoms with Crippen molar-refractivity contribution in [2.75, 3.05) is 5.32 Å². The van der Waals surface area contributed by atoms with E-state index in [9.17, 15) is 0 Å². The van der Waals surface area contributed by atoms with E-state index in [1.165, 1.54) is 49.8 Å². The quantitative estimate of drug-likeness (QED) is 0.539. The molecule has 0 aliphatic heterocycles. The minimum absolute atomic E-state index is 0.412. The number of anilines is 1. The van der Waals surface area contributed by atoms with Gasteiger partial charge < -0.3 is 5.32 Å². The molecule has 1 heteroatoms. The van der Waals surface area contributed by atoms with Gasteiger partial charge in [0.05, 0.1) is 6.04 Å². The first kappa shape index (κ1) is 15.6. The van der Waals surface area contributed by atoms with Gasteiger partial charge in [-0.25, -0.2) is 0 Å². The monoisotopic (exact) mass is 281 g/mol. The average molecular weight is 281 g/mol. The van der Waals surface area contributed by atoms with Crippen molar-refractivity contribution in [3.05, 3.63) is 66.2 Å². The second kappa shape index (κ2) is 9.23. The Bertz CT molecular complexity index is 478. The smallest absolute Gasteiger partial charge is 0.0513 e. The van der Waals surface area contributed by atoms with Crippen LogP contribution in [0.3, 0.4) is 0 Å². The maximum absolute atomic E-state index is 3.69. The molecule has 0 saturated heterocycles. The van der Waals surface area contributed by atoms with Gasteiger partial charge in [-0.2, -0.15) is 0 Å². The van der Waals surface area contributed by atoms with E-state index in [1.807, 2.05) is 0 Å². The molecule has 0 aliphatic rings. The summed E-state index contributed by atoms with van der Waals surface area (Å²) in [6.07, 6.45) is 7.87. The highest BCUT2D eigenvalue weighted by Crippen LogP contribution is 2.25. The molecule has 0 aliphatic carbocycles. The highest BCUT2D eigenvalue weighted by molar-refractivity contribution is 5.45. The van der Waals surface area contributed by atoms with Gasteiger partial charge in [0, 0.05) is 5.69 Å². The van der Waals surface area contributed by atoms with Crippen LogP contribution in [0.1, 0.15) is 57.1 Å². The molecular formula is C20H27N. The van der Waals surface area contributed by atoms with Crippen molar-refractivity contribution < 1.29 is 0 Å². The molecule has 0 aromatic heterocycles. The SMILES string of the molecule is CCCCCCCC(Nc1ccccc1)c1ccccc1. The molecule has 1 nitrogen and oxygen atoms in total. The zero-order chi connectivity index (χ0) is 14.8. The lowest BCUT2D eigenvalue weighted by Gasteiger charge is -2.20. The van der Waals surface area contributed by atoms with E-state index in [1.54, 1.807) is 0 Å². The van der Waals surface area contributed by atoms with Crippen molar-refractivity contribution in [2.45, 2.75) is 51.5 Å². The Morgan fingerprint density at radius 2 is 1.38 bits per heavy atom. The molecule has 2 rings (SSSR count). The fourth-order valence-electron chi connectivity index (χ4n) is 2.70. The molecule has 0 amide bonds. The number of hydrogen-bond acceptors (Lipinski definition) is 1. The predicted molar refractivity (Wildman–Crippen MR) is 92.6 cm³/mol. The first-order valence-corrected chi connectivity index (χ1v) is 8.26. The van der Waals surface area contributed by atoms with Crippen LogP contribution in [-0.2, 0) is 0 Å². The summed E-state index contributed by atoms with van der Waals surface area (Å²) in [4.78, 5) is 0. The van der Waals surface area contributed by atoms with Crippen LogP contribution in [0.25, 0.3) is 0 Å². The second-order valence-electron chi connectivity index (χ2n) is 5.68. The van der Waals surface area contributed by atoms with Gasteiger partial charge in [0.25, 0.3) is 0 Å². The lowest BCUT2D eigenvalue weighted by atomic mass is 9.99. The zero-order valence-electron chi connectivity index (χ0n) is 13.1. The van der Waals surface area contributed by atoms with E-state index in [2.05, 4.69) is 72.9 Å². The minimum Gasteiger partial charge on any atom is -0.378 e. The van der Waals surface area contributed by atoms with Gasteiger partial charge in [0.15, 0.2) is 0 Å². The number of rotatable bonds is 9. The fraction of sp³-hybridized carbons (Fsp3) is 0.400. The van der Waals surface area contributed by atoms with Crippen LogP contribution in [0.15, 0.2) is 60.7 Å².